The quantitative estimate of drug-likeness (QED) is 0.821. The van der Waals surface area contributed by atoms with Crippen molar-refractivity contribution in [2.75, 3.05) is 5.88 Å². The number of amides is 1. The fraction of sp³-hybridized carbons (Fsp3) is 0.462. The second-order valence-electron chi connectivity index (χ2n) is 4.46. The Labute approximate surface area is 110 Å². The normalized spacial score (nSPS) is 12.6. The third-order valence-corrected chi connectivity index (χ3v) is 2.88. The van der Waals surface area contributed by atoms with Gasteiger partial charge in [-0.15, -0.1) is 11.6 Å². The molecular formula is C13H16ClF2NO. The van der Waals surface area contributed by atoms with Gasteiger partial charge in [-0.2, -0.15) is 0 Å². The van der Waals surface area contributed by atoms with Crippen LogP contribution < -0.4 is 5.32 Å². The minimum absolute atomic E-state index is 0.0206. The molecule has 1 aromatic carbocycles. The van der Waals surface area contributed by atoms with E-state index in [0.29, 0.717) is 12.3 Å². The second-order valence-corrected chi connectivity index (χ2v) is 4.84. The molecule has 1 unspecified atom stereocenters. The molecule has 0 aliphatic carbocycles. The molecular weight excluding hydrogens is 260 g/mol. The van der Waals surface area contributed by atoms with Crippen LogP contribution in [-0.2, 0) is 0 Å². The standard InChI is InChI=1S/C13H16ClF2NO/c1-8(2)12(3-4-14)17-13(18)9-5-10(15)7-11(16)6-9/h5-8,12H,3-4H2,1-2H3,(H,17,18). The Bertz CT molecular complexity index is 403. The molecule has 0 aliphatic heterocycles. The first kappa shape index (κ1) is 14.9. The summed E-state index contributed by atoms with van der Waals surface area (Å²) in [5.74, 6) is -1.40. The lowest BCUT2D eigenvalue weighted by atomic mass is 10.0. The average molecular weight is 276 g/mol. The van der Waals surface area contributed by atoms with E-state index in [4.69, 9.17) is 11.6 Å². The molecule has 0 aromatic heterocycles. The first-order chi connectivity index (χ1) is 8.43. The highest BCUT2D eigenvalue weighted by Crippen LogP contribution is 2.11. The van der Waals surface area contributed by atoms with E-state index in [9.17, 15) is 13.6 Å². The maximum Gasteiger partial charge on any atom is 0.251 e. The molecule has 0 aliphatic rings. The van der Waals surface area contributed by atoms with Gasteiger partial charge in [-0.3, -0.25) is 4.79 Å². The van der Waals surface area contributed by atoms with Gasteiger partial charge in [-0.25, -0.2) is 8.78 Å². The van der Waals surface area contributed by atoms with Gasteiger partial charge in [0, 0.05) is 23.6 Å². The van der Waals surface area contributed by atoms with Crippen molar-refractivity contribution in [1.29, 1.82) is 0 Å². The maximum atomic E-state index is 13.0. The zero-order chi connectivity index (χ0) is 13.7. The number of carbonyl (C=O) groups excluding carboxylic acids is 1. The molecule has 0 bridgehead atoms. The summed E-state index contributed by atoms with van der Waals surface area (Å²) in [6.45, 7) is 3.90. The van der Waals surface area contributed by atoms with Gasteiger partial charge in [-0.05, 0) is 24.5 Å². The van der Waals surface area contributed by atoms with Crippen molar-refractivity contribution in [3.63, 3.8) is 0 Å². The van der Waals surface area contributed by atoms with Gasteiger partial charge in [0.15, 0.2) is 0 Å². The number of alkyl halides is 1. The molecule has 0 heterocycles. The van der Waals surface area contributed by atoms with Crippen LogP contribution in [0.25, 0.3) is 0 Å². The summed E-state index contributed by atoms with van der Waals surface area (Å²) in [4.78, 5) is 11.9. The largest absolute Gasteiger partial charge is 0.349 e. The third-order valence-electron chi connectivity index (χ3n) is 2.67. The minimum Gasteiger partial charge on any atom is -0.349 e. The van der Waals surface area contributed by atoms with Crippen molar-refractivity contribution in [2.24, 2.45) is 5.92 Å². The van der Waals surface area contributed by atoms with Crippen LogP contribution in [0.2, 0.25) is 0 Å². The molecule has 1 rings (SSSR count). The average Bonchev–Trinajstić information content (AvgIpc) is 2.26. The van der Waals surface area contributed by atoms with E-state index in [2.05, 4.69) is 5.32 Å². The Morgan fingerprint density at radius 1 is 1.28 bits per heavy atom. The summed E-state index contributed by atoms with van der Waals surface area (Å²) in [5, 5.41) is 2.73. The third kappa shape index (κ3) is 4.26. The first-order valence-corrected chi connectivity index (χ1v) is 6.30. The molecule has 5 heteroatoms. The Kier molecular flexibility index (Phi) is 5.54. The van der Waals surface area contributed by atoms with Gasteiger partial charge in [0.1, 0.15) is 11.6 Å². The number of hydrogen-bond donors (Lipinski definition) is 1. The summed E-state index contributed by atoms with van der Waals surface area (Å²) >= 11 is 5.65. The summed E-state index contributed by atoms with van der Waals surface area (Å²) in [5.41, 5.74) is -0.0206. The Morgan fingerprint density at radius 3 is 2.28 bits per heavy atom. The van der Waals surface area contributed by atoms with Crippen molar-refractivity contribution < 1.29 is 13.6 Å². The Morgan fingerprint density at radius 2 is 1.83 bits per heavy atom. The molecule has 1 aromatic rings. The van der Waals surface area contributed by atoms with Crippen molar-refractivity contribution >= 4 is 17.5 Å². The van der Waals surface area contributed by atoms with Crippen molar-refractivity contribution in [1.82, 2.24) is 5.32 Å². The smallest absolute Gasteiger partial charge is 0.251 e. The highest BCUT2D eigenvalue weighted by Gasteiger charge is 2.17. The van der Waals surface area contributed by atoms with Crippen LogP contribution in [0.15, 0.2) is 18.2 Å². The highest BCUT2D eigenvalue weighted by molar-refractivity contribution is 6.17. The lowest BCUT2D eigenvalue weighted by Crippen LogP contribution is -2.38. The molecule has 0 radical (unpaired) electrons. The molecule has 100 valence electrons. The minimum atomic E-state index is -0.765. The van der Waals surface area contributed by atoms with Gasteiger partial charge in [0.25, 0.3) is 5.91 Å². The van der Waals surface area contributed by atoms with E-state index < -0.39 is 17.5 Å². The van der Waals surface area contributed by atoms with Gasteiger partial charge in [0.2, 0.25) is 0 Å². The number of hydrogen-bond acceptors (Lipinski definition) is 1. The van der Waals surface area contributed by atoms with Crippen molar-refractivity contribution in [3.05, 3.63) is 35.4 Å². The van der Waals surface area contributed by atoms with Crippen LogP contribution in [-0.4, -0.2) is 17.8 Å². The van der Waals surface area contributed by atoms with Crippen LogP contribution in [0.5, 0.6) is 0 Å². The van der Waals surface area contributed by atoms with Crippen LogP contribution in [0, 0.1) is 17.6 Å². The number of carbonyl (C=O) groups is 1. The van der Waals surface area contributed by atoms with Gasteiger partial charge in [0.05, 0.1) is 0 Å². The maximum absolute atomic E-state index is 13.0. The summed E-state index contributed by atoms with van der Waals surface area (Å²) < 4.78 is 26.0. The van der Waals surface area contributed by atoms with E-state index in [1.807, 2.05) is 13.8 Å². The number of nitrogens with one attached hydrogen (secondary N) is 1. The van der Waals surface area contributed by atoms with Crippen molar-refractivity contribution in [3.8, 4) is 0 Å². The SMILES string of the molecule is CC(C)C(CCCl)NC(=O)c1cc(F)cc(F)c1. The molecule has 0 saturated carbocycles. The van der Waals surface area contributed by atoms with Crippen LogP contribution in [0.1, 0.15) is 30.6 Å². The molecule has 1 amide bonds. The predicted molar refractivity (Wildman–Crippen MR) is 67.8 cm³/mol. The summed E-state index contributed by atoms with van der Waals surface area (Å²) in [6.07, 6.45) is 0.614. The van der Waals surface area contributed by atoms with Crippen LogP contribution in [0.4, 0.5) is 8.78 Å². The molecule has 0 fully saturated rings. The number of rotatable bonds is 5. The van der Waals surface area contributed by atoms with E-state index in [1.54, 1.807) is 0 Å². The van der Waals surface area contributed by atoms with Gasteiger partial charge < -0.3 is 5.32 Å². The number of halogens is 3. The first-order valence-electron chi connectivity index (χ1n) is 5.77. The Hall–Kier alpha value is -1.16. The van der Waals surface area contributed by atoms with Crippen LogP contribution in [0.3, 0.4) is 0 Å². The molecule has 1 atom stereocenters. The lowest BCUT2D eigenvalue weighted by Gasteiger charge is -2.21. The fourth-order valence-electron chi connectivity index (χ4n) is 1.63. The predicted octanol–water partition coefficient (Wildman–Crippen LogP) is 3.35. The summed E-state index contributed by atoms with van der Waals surface area (Å²) in [7, 11) is 0. The molecule has 2 nitrogen and oxygen atoms in total. The van der Waals surface area contributed by atoms with E-state index in [-0.39, 0.29) is 17.5 Å². The lowest BCUT2D eigenvalue weighted by molar-refractivity contribution is 0.0924. The van der Waals surface area contributed by atoms with E-state index in [0.717, 1.165) is 18.2 Å². The summed E-state index contributed by atoms with van der Waals surface area (Å²) in [6, 6.07) is 2.64. The molecule has 0 spiro atoms. The zero-order valence-electron chi connectivity index (χ0n) is 10.3. The topological polar surface area (TPSA) is 29.1 Å². The van der Waals surface area contributed by atoms with Gasteiger partial charge >= 0.3 is 0 Å². The number of benzene rings is 1. The molecule has 18 heavy (non-hydrogen) atoms. The fourth-order valence-corrected chi connectivity index (χ4v) is 1.86. The van der Waals surface area contributed by atoms with Gasteiger partial charge in [-0.1, -0.05) is 13.8 Å². The van der Waals surface area contributed by atoms with E-state index >= 15 is 0 Å². The Balaban J connectivity index is 2.80. The molecule has 0 saturated heterocycles. The van der Waals surface area contributed by atoms with Crippen molar-refractivity contribution in [2.45, 2.75) is 26.3 Å². The second kappa shape index (κ2) is 6.69. The van der Waals surface area contributed by atoms with Crippen LogP contribution >= 0.6 is 11.6 Å². The molecule has 1 N–H and O–H groups in total. The highest BCUT2D eigenvalue weighted by atomic mass is 35.5. The zero-order valence-corrected chi connectivity index (χ0v) is 11.1. The van der Waals surface area contributed by atoms with E-state index in [1.165, 1.54) is 0 Å². The monoisotopic (exact) mass is 275 g/mol.